The third kappa shape index (κ3) is 8.31. The third-order valence-corrected chi connectivity index (χ3v) is 5.41. The predicted octanol–water partition coefficient (Wildman–Crippen LogP) is 2.50. The average Bonchev–Trinajstić information content (AvgIpc) is 3.12. The zero-order valence-electron chi connectivity index (χ0n) is 17.4. The van der Waals surface area contributed by atoms with Gasteiger partial charge in [0.15, 0.2) is 5.96 Å². The molecule has 0 aliphatic rings. The number of nitrogens with one attached hydrogen (secondary N) is 3. The largest absolute Gasteiger partial charge is 0.443 e. The van der Waals surface area contributed by atoms with Gasteiger partial charge in [0.2, 0.25) is 15.9 Å². The van der Waals surface area contributed by atoms with Crippen LogP contribution in [0.4, 0.5) is 0 Å². The second-order valence-electron chi connectivity index (χ2n) is 7.43. The maximum atomic E-state index is 11.6. The predicted molar refractivity (Wildman–Crippen MR) is 126 cm³/mol. The molecular weight excluding hydrogens is 505 g/mol. The van der Waals surface area contributed by atoms with Crippen LogP contribution in [0.3, 0.4) is 0 Å². The topological polar surface area (TPSA) is 109 Å². The highest BCUT2D eigenvalue weighted by atomic mass is 127. The van der Waals surface area contributed by atoms with Crippen LogP contribution in [0.5, 0.6) is 0 Å². The Kier molecular flexibility index (Phi) is 9.56. The number of aromatic nitrogens is 1. The van der Waals surface area contributed by atoms with Gasteiger partial charge in [0.1, 0.15) is 5.76 Å². The van der Waals surface area contributed by atoms with E-state index in [1.54, 1.807) is 13.2 Å². The minimum Gasteiger partial charge on any atom is -0.443 e. The lowest BCUT2D eigenvalue weighted by atomic mass is 9.94. The van der Waals surface area contributed by atoms with Crippen molar-refractivity contribution in [2.24, 2.45) is 4.99 Å². The van der Waals surface area contributed by atoms with Gasteiger partial charge in [0, 0.05) is 19.0 Å². The van der Waals surface area contributed by atoms with E-state index in [2.05, 4.69) is 46.1 Å². The molecular formula is C19H30IN5O3S. The van der Waals surface area contributed by atoms with Crippen molar-refractivity contribution in [3.63, 3.8) is 0 Å². The Morgan fingerprint density at radius 2 is 1.69 bits per heavy atom. The van der Waals surface area contributed by atoms with Gasteiger partial charge in [-0.1, -0.05) is 45.0 Å². The van der Waals surface area contributed by atoms with E-state index in [0.29, 0.717) is 24.9 Å². The molecule has 0 saturated heterocycles. The van der Waals surface area contributed by atoms with Crippen LogP contribution in [-0.2, 0) is 34.3 Å². The highest BCUT2D eigenvalue weighted by molar-refractivity contribution is 14.0. The van der Waals surface area contributed by atoms with Crippen LogP contribution >= 0.6 is 24.0 Å². The van der Waals surface area contributed by atoms with E-state index in [9.17, 15) is 8.42 Å². The van der Waals surface area contributed by atoms with E-state index in [0.717, 1.165) is 16.9 Å². The van der Waals surface area contributed by atoms with Crippen molar-refractivity contribution in [2.75, 3.05) is 14.1 Å². The van der Waals surface area contributed by atoms with Crippen molar-refractivity contribution >= 4 is 40.0 Å². The number of benzene rings is 1. The fraction of sp³-hybridized carbons (Fsp3) is 0.474. The van der Waals surface area contributed by atoms with Crippen LogP contribution in [0.1, 0.15) is 43.5 Å². The zero-order chi connectivity index (χ0) is 20.8. The molecule has 0 aliphatic heterocycles. The van der Waals surface area contributed by atoms with Crippen LogP contribution < -0.4 is 15.4 Å². The molecule has 2 aromatic rings. The molecule has 0 unspecified atom stereocenters. The first kappa shape index (κ1) is 25.4. The van der Waals surface area contributed by atoms with Crippen molar-refractivity contribution in [1.82, 2.24) is 20.3 Å². The van der Waals surface area contributed by atoms with Gasteiger partial charge in [0.05, 0.1) is 18.5 Å². The molecule has 0 spiro atoms. The molecule has 1 aromatic heterocycles. The summed E-state index contributed by atoms with van der Waals surface area (Å²) < 4.78 is 31.3. The summed E-state index contributed by atoms with van der Waals surface area (Å²) in [5.74, 6) is 2.03. The lowest BCUT2D eigenvalue weighted by Gasteiger charge is -2.13. The number of halogens is 1. The van der Waals surface area contributed by atoms with E-state index in [-0.39, 0.29) is 35.1 Å². The lowest BCUT2D eigenvalue weighted by molar-refractivity contribution is 0.379. The first-order valence-electron chi connectivity index (χ1n) is 9.01. The molecule has 8 nitrogen and oxygen atoms in total. The monoisotopic (exact) mass is 535 g/mol. The molecule has 0 bridgehead atoms. The number of sulfonamides is 1. The van der Waals surface area contributed by atoms with E-state index in [1.807, 2.05) is 24.3 Å². The van der Waals surface area contributed by atoms with Gasteiger partial charge in [0.25, 0.3) is 0 Å². The molecule has 0 aliphatic carbocycles. The molecule has 2 rings (SSSR count). The third-order valence-electron chi connectivity index (χ3n) is 4.07. The molecule has 1 heterocycles. The lowest BCUT2D eigenvalue weighted by Crippen LogP contribution is -2.36. The average molecular weight is 535 g/mol. The Morgan fingerprint density at radius 3 is 2.21 bits per heavy atom. The summed E-state index contributed by atoms with van der Waals surface area (Å²) in [7, 11) is -0.163. The number of guanidine groups is 1. The first-order chi connectivity index (χ1) is 13.1. The van der Waals surface area contributed by atoms with Gasteiger partial charge in [-0.15, -0.1) is 24.0 Å². The fourth-order valence-electron chi connectivity index (χ4n) is 2.35. The van der Waals surface area contributed by atoms with Crippen LogP contribution in [0, 0.1) is 0 Å². The molecule has 29 heavy (non-hydrogen) atoms. The molecule has 3 N–H and O–H groups in total. The first-order valence-corrected chi connectivity index (χ1v) is 10.7. The van der Waals surface area contributed by atoms with Gasteiger partial charge in [-0.25, -0.2) is 18.1 Å². The molecule has 0 radical (unpaired) electrons. The van der Waals surface area contributed by atoms with E-state index in [4.69, 9.17) is 4.42 Å². The second-order valence-corrected chi connectivity index (χ2v) is 9.35. The van der Waals surface area contributed by atoms with Gasteiger partial charge >= 0.3 is 0 Å². The molecule has 0 atom stereocenters. The van der Waals surface area contributed by atoms with Gasteiger partial charge in [-0.2, -0.15) is 0 Å². The summed E-state index contributed by atoms with van der Waals surface area (Å²) in [4.78, 5) is 8.48. The number of aliphatic imine (C=N–C) groups is 1. The number of oxazole rings is 1. The molecule has 0 fully saturated rings. The van der Waals surface area contributed by atoms with Crippen molar-refractivity contribution in [2.45, 2.75) is 45.0 Å². The normalized spacial score (nSPS) is 12.4. The van der Waals surface area contributed by atoms with E-state index >= 15 is 0 Å². The number of nitrogens with zero attached hydrogens (tertiary/aromatic N) is 2. The van der Waals surface area contributed by atoms with Crippen LogP contribution in [0.25, 0.3) is 0 Å². The summed E-state index contributed by atoms with van der Waals surface area (Å²) in [6.45, 7) is 7.20. The van der Waals surface area contributed by atoms with Crippen molar-refractivity contribution in [3.8, 4) is 0 Å². The smallest absolute Gasteiger partial charge is 0.215 e. The fourth-order valence-corrected chi connectivity index (χ4v) is 3.13. The summed E-state index contributed by atoms with van der Waals surface area (Å²) in [5, 5.41) is 6.38. The maximum absolute atomic E-state index is 11.6. The quantitative estimate of drug-likeness (QED) is 0.286. The molecule has 162 valence electrons. The summed E-state index contributed by atoms with van der Waals surface area (Å²) >= 11 is 0. The molecule has 0 amide bonds. The summed E-state index contributed by atoms with van der Waals surface area (Å²) in [5.41, 5.74) is 1.67. The van der Waals surface area contributed by atoms with E-state index in [1.165, 1.54) is 7.05 Å². The number of rotatable bonds is 7. The highest BCUT2D eigenvalue weighted by Crippen LogP contribution is 2.22. The summed E-state index contributed by atoms with van der Waals surface area (Å²) in [6.07, 6.45) is 1.75. The van der Waals surface area contributed by atoms with Crippen LogP contribution in [0.2, 0.25) is 0 Å². The molecule has 1 aromatic carbocycles. The van der Waals surface area contributed by atoms with E-state index < -0.39 is 10.0 Å². The van der Waals surface area contributed by atoms with Gasteiger partial charge in [-0.3, -0.25) is 4.99 Å². The minimum absolute atomic E-state index is 0. The minimum atomic E-state index is -3.27. The Labute approximate surface area is 190 Å². The Balaban J connectivity index is 0.00000420. The number of hydrogen-bond donors (Lipinski definition) is 3. The highest BCUT2D eigenvalue weighted by Gasteiger charge is 2.19. The Hall–Kier alpha value is -1.66. The van der Waals surface area contributed by atoms with Gasteiger partial charge in [-0.05, 0) is 18.2 Å². The standard InChI is InChI=1S/C19H29N5O3S.HI/c1-19(2,3)16-11-22-17(27-16)12-24-18(20-4)23-10-14-6-8-15(9-7-14)13-28(25,26)21-5;/h6-9,11,21H,10,12-13H2,1-5H3,(H2,20,23,24);1H. The Bertz CT molecular complexity index is 903. The Morgan fingerprint density at radius 1 is 1.10 bits per heavy atom. The molecule has 0 saturated carbocycles. The zero-order valence-corrected chi connectivity index (χ0v) is 20.6. The van der Waals surface area contributed by atoms with Crippen molar-refractivity contribution in [1.29, 1.82) is 0 Å². The second kappa shape index (κ2) is 10.9. The van der Waals surface area contributed by atoms with Crippen molar-refractivity contribution < 1.29 is 12.8 Å². The SMILES string of the molecule is CN=C(NCc1ccc(CS(=O)(=O)NC)cc1)NCc1ncc(C(C)(C)C)o1.I. The van der Waals surface area contributed by atoms with Gasteiger partial charge < -0.3 is 15.1 Å². The maximum Gasteiger partial charge on any atom is 0.215 e. The van der Waals surface area contributed by atoms with Crippen LogP contribution in [0.15, 0.2) is 39.9 Å². The summed E-state index contributed by atoms with van der Waals surface area (Å²) in [6, 6.07) is 7.40. The van der Waals surface area contributed by atoms with Crippen molar-refractivity contribution in [3.05, 3.63) is 53.2 Å². The van der Waals surface area contributed by atoms with Crippen LogP contribution in [-0.4, -0.2) is 33.5 Å². The molecule has 10 heteroatoms. The number of hydrogen-bond acceptors (Lipinski definition) is 5.